The number of hydrogen-bond acceptors (Lipinski definition) is 4. The zero-order valence-corrected chi connectivity index (χ0v) is 20.1. The molecule has 1 rings (SSSR count). The highest BCUT2D eigenvalue weighted by atomic mass is 16.6. The predicted octanol–water partition coefficient (Wildman–Crippen LogP) is 5.81. The Kier molecular flexibility index (Phi) is 6.96. The van der Waals surface area contributed by atoms with E-state index in [9.17, 15) is 9.59 Å². The zero-order valence-electron chi connectivity index (χ0n) is 20.1. The standard InChI is InChI=1S/C23H43NO4/c1-12-21(8,9)17(25)27-23(20(5,6)7)13-15-24(16-14-23)18(26)28-22(10,11)19(2,3)4/h12-16H2,1-11H3. The van der Waals surface area contributed by atoms with Crippen molar-refractivity contribution < 1.29 is 19.1 Å². The number of carbonyl (C=O) groups excluding carboxylic acids is 2. The van der Waals surface area contributed by atoms with Gasteiger partial charge in [-0.3, -0.25) is 4.79 Å². The number of ether oxygens (including phenoxy) is 2. The molecule has 164 valence electrons. The molecule has 0 aromatic carbocycles. The number of rotatable bonds is 4. The van der Waals surface area contributed by atoms with Gasteiger partial charge in [0.15, 0.2) is 0 Å². The molecule has 1 amide bonds. The quantitative estimate of drug-likeness (QED) is 0.562. The summed E-state index contributed by atoms with van der Waals surface area (Å²) in [5, 5.41) is 0. The third-order valence-electron chi connectivity index (χ3n) is 7.07. The maximum atomic E-state index is 12.8. The highest BCUT2D eigenvalue weighted by Gasteiger charge is 2.50. The van der Waals surface area contributed by atoms with Crippen LogP contribution in [-0.2, 0) is 14.3 Å². The van der Waals surface area contributed by atoms with Crippen LogP contribution in [0.5, 0.6) is 0 Å². The van der Waals surface area contributed by atoms with Gasteiger partial charge >= 0.3 is 12.1 Å². The van der Waals surface area contributed by atoms with Crippen molar-refractivity contribution in [2.75, 3.05) is 13.1 Å². The molecule has 1 fully saturated rings. The summed E-state index contributed by atoms with van der Waals surface area (Å²) in [6.07, 6.45) is 1.68. The molecule has 0 aromatic rings. The van der Waals surface area contributed by atoms with Crippen molar-refractivity contribution in [1.29, 1.82) is 0 Å². The number of nitrogens with zero attached hydrogens (tertiary/aromatic N) is 1. The van der Waals surface area contributed by atoms with Crippen molar-refractivity contribution in [2.45, 2.75) is 107 Å². The Morgan fingerprint density at radius 3 is 1.71 bits per heavy atom. The van der Waals surface area contributed by atoms with Gasteiger partial charge in [-0.2, -0.15) is 0 Å². The number of amides is 1. The van der Waals surface area contributed by atoms with Crippen LogP contribution in [0.2, 0.25) is 0 Å². The minimum Gasteiger partial charge on any atom is -0.458 e. The largest absolute Gasteiger partial charge is 0.458 e. The molecule has 1 heterocycles. The van der Waals surface area contributed by atoms with Crippen LogP contribution in [0.25, 0.3) is 0 Å². The summed E-state index contributed by atoms with van der Waals surface area (Å²) in [4.78, 5) is 27.3. The smallest absolute Gasteiger partial charge is 0.410 e. The van der Waals surface area contributed by atoms with Gasteiger partial charge < -0.3 is 14.4 Å². The molecule has 28 heavy (non-hydrogen) atoms. The average Bonchev–Trinajstić information content (AvgIpc) is 2.52. The van der Waals surface area contributed by atoms with Gasteiger partial charge in [-0.1, -0.05) is 48.5 Å². The van der Waals surface area contributed by atoms with Crippen LogP contribution in [0.4, 0.5) is 4.79 Å². The van der Waals surface area contributed by atoms with E-state index in [4.69, 9.17) is 9.47 Å². The summed E-state index contributed by atoms with van der Waals surface area (Å²) in [6.45, 7) is 23.3. The lowest BCUT2D eigenvalue weighted by atomic mass is 9.70. The van der Waals surface area contributed by atoms with Gasteiger partial charge in [-0.05, 0) is 34.1 Å². The van der Waals surface area contributed by atoms with Gasteiger partial charge in [-0.15, -0.1) is 0 Å². The van der Waals surface area contributed by atoms with Crippen molar-refractivity contribution in [3.8, 4) is 0 Å². The number of esters is 1. The van der Waals surface area contributed by atoms with E-state index in [-0.39, 0.29) is 22.9 Å². The molecule has 1 saturated heterocycles. The van der Waals surface area contributed by atoms with Crippen LogP contribution >= 0.6 is 0 Å². The Bertz CT molecular complexity index is 570. The van der Waals surface area contributed by atoms with Crippen LogP contribution in [0, 0.1) is 16.2 Å². The van der Waals surface area contributed by atoms with Gasteiger partial charge in [-0.25, -0.2) is 4.79 Å². The van der Waals surface area contributed by atoms with E-state index >= 15 is 0 Å². The lowest BCUT2D eigenvalue weighted by molar-refractivity contribution is -0.192. The first-order chi connectivity index (χ1) is 12.4. The SMILES string of the molecule is CCC(C)(C)C(=O)OC1(C(C)(C)C)CCN(C(=O)OC(C)(C)C(C)(C)C)CC1. The second-order valence-electron chi connectivity index (χ2n) is 11.5. The van der Waals surface area contributed by atoms with Crippen molar-refractivity contribution in [3.05, 3.63) is 0 Å². The molecular formula is C23H43NO4. The van der Waals surface area contributed by atoms with Crippen molar-refractivity contribution in [2.24, 2.45) is 16.2 Å². The molecule has 5 heteroatoms. The Morgan fingerprint density at radius 1 is 0.893 bits per heavy atom. The van der Waals surface area contributed by atoms with E-state index in [0.717, 1.165) is 6.42 Å². The van der Waals surface area contributed by atoms with Crippen molar-refractivity contribution >= 4 is 12.1 Å². The number of hydrogen-bond donors (Lipinski definition) is 0. The molecule has 0 unspecified atom stereocenters. The summed E-state index contributed by atoms with van der Waals surface area (Å²) >= 11 is 0. The van der Waals surface area contributed by atoms with Crippen LogP contribution in [-0.4, -0.2) is 41.3 Å². The van der Waals surface area contributed by atoms with Gasteiger partial charge in [0, 0.05) is 36.8 Å². The van der Waals surface area contributed by atoms with Gasteiger partial charge in [0.2, 0.25) is 0 Å². The second kappa shape index (κ2) is 7.87. The lowest BCUT2D eigenvalue weighted by Crippen LogP contribution is -2.57. The normalized spacial score (nSPS) is 18.6. The van der Waals surface area contributed by atoms with Gasteiger partial charge in [0.1, 0.15) is 11.2 Å². The monoisotopic (exact) mass is 397 g/mol. The molecule has 1 aliphatic rings. The van der Waals surface area contributed by atoms with E-state index in [1.165, 1.54) is 0 Å². The lowest BCUT2D eigenvalue weighted by Gasteiger charge is -2.50. The molecule has 0 aromatic heterocycles. The van der Waals surface area contributed by atoms with Crippen LogP contribution < -0.4 is 0 Å². The van der Waals surface area contributed by atoms with Gasteiger partial charge in [0.25, 0.3) is 0 Å². The van der Waals surface area contributed by atoms with Crippen LogP contribution in [0.1, 0.15) is 95.4 Å². The van der Waals surface area contributed by atoms with E-state index in [2.05, 4.69) is 41.5 Å². The maximum absolute atomic E-state index is 12.8. The molecule has 0 N–H and O–H groups in total. The zero-order chi connectivity index (χ0) is 22.2. The number of likely N-dealkylation sites (tertiary alicyclic amines) is 1. The minimum atomic E-state index is -0.577. The first kappa shape index (κ1) is 24.8. The fourth-order valence-corrected chi connectivity index (χ4v) is 2.95. The summed E-state index contributed by atoms with van der Waals surface area (Å²) < 4.78 is 12.0. The molecule has 1 aliphatic heterocycles. The summed E-state index contributed by atoms with van der Waals surface area (Å²) in [5.41, 5.74) is -2.03. The van der Waals surface area contributed by atoms with Crippen molar-refractivity contribution in [1.82, 2.24) is 4.90 Å². The highest BCUT2D eigenvalue weighted by Crippen LogP contribution is 2.44. The van der Waals surface area contributed by atoms with Gasteiger partial charge in [0.05, 0.1) is 5.41 Å². The summed E-state index contributed by atoms with van der Waals surface area (Å²) in [6, 6.07) is 0. The maximum Gasteiger partial charge on any atom is 0.410 e. The average molecular weight is 398 g/mol. The molecule has 0 radical (unpaired) electrons. The first-order valence-corrected chi connectivity index (χ1v) is 10.6. The second-order valence-corrected chi connectivity index (χ2v) is 11.5. The third kappa shape index (κ3) is 5.21. The molecule has 0 saturated carbocycles. The Morgan fingerprint density at radius 2 is 1.36 bits per heavy atom. The topological polar surface area (TPSA) is 55.8 Å². The van der Waals surface area contributed by atoms with E-state index in [1.807, 2.05) is 34.6 Å². The minimum absolute atomic E-state index is 0.158. The third-order valence-corrected chi connectivity index (χ3v) is 7.07. The predicted molar refractivity (Wildman–Crippen MR) is 113 cm³/mol. The summed E-state index contributed by atoms with van der Waals surface area (Å²) in [5.74, 6) is -0.158. The Balaban J connectivity index is 2.91. The molecule has 0 bridgehead atoms. The highest BCUT2D eigenvalue weighted by molar-refractivity contribution is 5.76. The Labute approximate surface area is 172 Å². The first-order valence-electron chi connectivity index (χ1n) is 10.6. The number of carbonyl (C=O) groups is 2. The van der Waals surface area contributed by atoms with E-state index in [0.29, 0.717) is 25.9 Å². The Hall–Kier alpha value is -1.26. The van der Waals surface area contributed by atoms with Crippen molar-refractivity contribution in [3.63, 3.8) is 0 Å². The molecule has 0 atom stereocenters. The van der Waals surface area contributed by atoms with E-state index in [1.54, 1.807) is 4.90 Å². The van der Waals surface area contributed by atoms with Crippen LogP contribution in [0.3, 0.4) is 0 Å². The van der Waals surface area contributed by atoms with E-state index < -0.39 is 16.6 Å². The van der Waals surface area contributed by atoms with Crippen LogP contribution in [0.15, 0.2) is 0 Å². The molecular weight excluding hydrogens is 354 g/mol. The summed E-state index contributed by atoms with van der Waals surface area (Å²) in [7, 11) is 0. The number of piperidine rings is 1. The fourth-order valence-electron chi connectivity index (χ4n) is 2.95. The molecule has 5 nitrogen and oxygen atoms in total. The molecule has 0 spiro atoms. The molecule has 0 aliphatic carbocycles. The fraction of sp³-hybridized carbons (Fsp3) is 0.913.